The number of nitrogens with one attached hydrogen (secondary N) is 1. The predicted molar refractivity (Wildman–Crippen MR) is 104 cm³/mol. The van der Waals surface area contributed by atoms with E-state index in [0.717, 1.165) is 27.2 Å². The first-order chi connectivity index (χ1) is 12.6. The molecule has 0 saturated heterocycles. The van der Waals surface area contributed by atoms with E-state index in [9.17, 15) is 10.1 Å². The SMILES string of the molecule is Cc1ccccc1NC(=O)/C(C#N)=c1\c2cccc3cccc(c32)n1C. The molecule has 0 aliphatic carbocycles. The fourth-order valence-electron chi connectivity index (χ4n) is 3.51. The summed E-state index contributed by atoms with van der Waals surface area (Å²) in [6.07, 6.45) is 0. The summed E-state index contributed by atoms with van der Waals surface area (Å²) in [7, 11) is 1.89. The highest BCUT2D eigenvalue weighted by molar-refractivity contribution is 6.26. The summed E-state index contributed by atoms with van der Waals surface area (Å²) in [5.41, 5.74) is 2.78. The van der Waals surface area contributed by atoms with Crippen LogP contribution >= 0.6 is 0 Å². The van der Waals surface area contributed by atoms with Gasteiger partial charge >= 0.3 is 0 Å². The van der Waals surface area contributed by atoms with Crippen LogP contribution in [0.4, 0.5) is 5.69 Å². The molecule has 4 rings (SSSR count). The molecule has 0 unspecified atom stereocenters. The van der Waals surface area contributed by atoms with Crippen LogP contribution in [0.2, 0.25) is 0 Å². The van der Waals surface area contributed by atoms with Gasteiger partial charge in [0.1, 0.15) is 11.6 Å². The zero-order valence-corrected chi connectivity index (χ0v) is 14.6. The van der Waals surface area contributed by atoms with Crippen LogP contribution in [0.3, 0.4) is 0 Å². The van der Waals surface area contributed by atoms with Crippen LogP contribution in [-0.2, 0) is 11.8 Å². The average molecular weight is 339 g/mol. The van der Waals surface area contributed by atoms with Crippen molar-refractivity contribution in [2.75, 3.05) is 5.32 Å². The number of rotatable bonds is 2. The smallest absolute Gasteiger partial charge is 0.268 e. The standard InChI is InChI=1S/C22H17N3O/c1-14-7-3-4-11-18(14)24-22(26)17(13-23)21-16-10-5-8-15-9-6-12-19(20(15)16)25(21)2/h3-12H,1-2H3,(H,24,26)/b21-17+. The van der Waals surface area contributed by atoms with Gasteiger partial charge in [0.05, 0.1) is 5.35 Å². The topological polar surface area (TPSA) is 57.8 Å². The number of nitriles is 1. The van der Waals surface area contributed by atoms with Gasteiger partial charge in [-0.15, -0.1) is 0 Å². The number of para-hydroxylation sites is 1. The molecular weight excluding hydrogens is 322 g/mol. The maximum Gasteiger partial charge on any atom is 0.268 e. The predicted octanol–water partition coefficient (Wildman–Crippen LogP) is 3.67. The number of carbonyl (C=O) groups excluding carboxylic acids is 1. The molecule has 1 heterocycles. The second kappa shape index (κ2) is 6.05. The van der Waals surface area contributed by atoms with Crippen molar-refractivity contribution in [2.24, 2.45) is 7.05 Å². The third-order valence-electron chi connectivity index (χ3n) is 4.80. The average Bonchev–Trinajstić information content (AvgIpc) is 2.93. The first-order valence-electron chi connectivity index (χ1n) is 8.39. The van der Waals surface area contributed by atoms with E-state index < -0.39 is 5.91 Å². The van der Waals surface area contributed by atoms with Crippen molar-refractivity contribution in [3.63, 3.8) is 0 Å². The van der Waals surface area contributed by atoms with Gasteiger partial charge in [-0.2, -0.15) is 5.26 Å². The number of anilines is 1. The van der Waals surface area contributed by atoms with E-state index in [2.05, 4.69) is 11.4 Å². The molecule has 0 atom stereocenters. The lowest BCUT2D eigenvalue weighted by Gasteiger charge is -2.07. The van der Waals surface area contributed by atoms with Crippen LogP contribution < -0.4 is 10.7 Å². The first-order valence-corrected chi connectivity index (χ1v) is 8.39. The number of carbonyl (C=O) groups is 1. The van der Waals surface area contributed by atoms with Crippen molar-refractivity contribution < 1.29 is 4.79 Å². The van der Waals surface area contributed by atoms with E-state index in [4.69, 9.17) is 0 Å². The lowest BCUT2D eigenvalue weighted by atomic mass is 10.1. The van der Waals surface area contributed by atoms with E-state index in [1.54, 1.807) is 0 Å². The number of hydrogen-bond acceptors (Lipinski definition) is 2. The highest BCUT2D eigenvalue weighted by Crippen LogP contribution is 2.25. The van der Waals surface area contributed by atoms with Crippen LogP contribution in [0.1, 0.15) is 5.56 Å². The minimum Gasteiger partial charge on any atom is -0.342 e. The minimum atomic E-state index is -0.395. The number of nitrogens with zero attached hydrogens (tertiary/aromatic N) is 2. The Kier molecular flexibility index (Phi) is 3.70. The second-order valence-electron chi connectivity index (χ2n) is 6.34. The Hall–Kier alpha value is -3.58. The zero-order valence-electron chi connectivity index (χ0n) is 14.6. The summed E-state index contributed by atoms with van der Waals surface area (Å²) in [6, 6.07) is 21.6. The molecule has 1 aromatic heterocycles. The van der Waals surface area contributed by atoms with Crippen molar-refractivity contribution in [2.45, 2.75) is 6.92 Å². The Morgan fingerprint density at radius 1 is 1.04 bits per heavy atom. The lowest BCUT2D eigenvalue weighted by molar-refractivity contribution is -0.111. The van der Waals surface area contributed by atoms with Crippen LogP contribution in [0.15, 0.2) is 60.7 Å². The van der Waals surface area contributed by atoms with Gasteiger partial charge in [0.2, 0.25) is 0 Å². The van der Waals surface area contributed by atoms with Gasteiger partial charge in [0, 0.05) is 29.0 Å². The van der Waals surface area contributed by atoms with E-state index in [1.165, 1.54) is 0 Å². The molecule has 126 valence electrons. The van der Waals surface area contributed by atoms with Crippen LogP contribution in [0, 0.1) is 18.3 Å². The number of hydrogen-bond donors (Lipinski definition) is 1. The largest absolute Gasteiger partial charge is 0.342 e. The Morgan fingerprint density at radius 3 is 2.50 bits per heavy atom. The second-order valence-corrected chi connectivity index (χ2v) is 6.34. The van der Waals surface area contributed by atoms with Crippen molar-refractivity contribution in [3.05, 3.63) is 71.6 Å². The van der Waals surface area contributed by atoms with Gasteiger partial charge < -0.3 is 9.88 Å². The fraction of sp³-hybridized carbons (Fsp3) is 0.0909. The van der Waals surface area contributed by atoms with E-state index in [1.807, 2.05) is 79.2 Å². The van der Waals surface area contributed by atoms with Crippen molar-refractivity contribution in [1.29, 1.82) is 5.26 Å². The molecule has 4 aromatic rings. The van der Waals surface area contributed by atoms with Gasteiger partial charge in [0.15, 0.2) is 0 Å². The molecule has 4 nitrogen and oxygen atoms in total. The summed E-state index contributed by atoms with van der Waals surface area (Å²) in [6.45, 7) is 1.92. The normalized spacial score (nSPS) is 12.2. The monoisotopic (exact) mass is 339 g/mol. The molecule has 26 heavy (non-hydrogen) atoms. The van der Waals surface area contributed by atoms with Crippen LogP contribution in [0.25, 0.3) is 27.2 Å². The quantitative estimate of drug-likeness (QED) is 0.606. The molecule has 0 aliphatic rings. The maximum absolute atomic E-state index is 12.9. The van der Waals surface area contributed by atoms with Crippen LogP contribution in [-0.4, -0.2) is 10.5 Å². The highest BCUT2D eigenvalue weighted by atomic mass is 16.1. The van der Waals surface area contributed by atoms with Crippen molar-refractivity contribution in [3.8, 4) is 6.07 Å². The third-order valence-corrected chi connectivity index (χ3v) is 4.80. The Morgan fingerprint density at radius 2 is 1.77 bits per heavy atom. The van der Waals surface area contributed by atoms with Gasteiger partial charge in [-0.3, -0.25) is 4.79 Å². The summed E-state index contributed by atoms with van der Waals surface area (Å²) in [4.78, 5) is 12.9. The molecule has 0 aliphatic heterocycles. The summed E-state index contributed by atoms with van der Waals surface area (Å²) in [5, 5.41) is 16.4. The van der Waals surface area contributed by atoms with Crippen LogP contribution in [0.5, 0.6) is 0 Å². The Balaban J connectivity index is 1.99. The number of aromatic nitrogens is 1. The molecule has 0 spiro atoms. The van der Waals surface area contributed by atoms with E-state index >= 15 is 0 Å². The lowest BCUT2D eigenvalue weighted by Crippen LogP contribution is -2.24. The molecule has 0 fully saturated rings. The highest BCUT2D eigenvalue weighted by Gasteiger charge is 2.17. The maximum atomic E-state index is 12.9. The third kappa shape index (κ3) is 2.34. The number of aryl methyl sites for hydroxylation is 2. The summed E-state index contributed by atoms with van der Waals surface area (Å²) < 4.78 is 1.92. The van der Waals surface area contributed by atoms with Crippen molar-refractivity contribution >= 4 is 38.8 Å². The van der Waals surface area contributed by atoms with E-state index in [0.29, 0.717) is 11.0 Å². The molecular formula is C22H17N3O. The fourth-order valence-corrected chi connectivity index (χ4v) is 3.51. The zero-order chi connectivity index (χ0) is 18.3. The number of amides is 1. The molecule has 4 heteroatoms. The first kappa shape index (κ1) is 15.9. The number of benzene rings is 3. The van der Waals surface area contributed by atoms with Gasteiger partial charge in [-0.25, -0.2) is 0 Å². The molecule has 0 saturated carbocycles. The molecule has 0 bridgehead atoms. The molecule has 0 radical (unpaired) electrons. The molecule has 1 amide bonds. The summed E-state index contributed by atoms with van der Waals surface area (Å²) in [5.74, 6) is -0.395. The van der Waals surface area contributed by atoms with E-state index in [-0.39, 0.29) is 5.57 Å². The van der Waals surface area contributed by atoms with Gasteiger partial charge in [-0.1, -0.05) is 48.5 Å². The van der Waals surface area contributed by atoms with Gasteiger partial charge in [-0.05, 0) is 30.0 Å². The molecule has 3 aromatic carbocycles. The van der Waals surface area contributed by atoms with Gasteiger partial charge in [0.25, 0.3) is 5.91 Å². The Bertz CT molecular complexity index is 1250. The van der Waals surface area contributed by atoms with Crippen molar-refractivity contribution in [1.82, 2.24) is 4.57 Å². The minimum absolute atomic E-state index is 0.111. The molecule has 1 N–H and O–H groups in total. The Labute approximate surface area is 150 Å². The summed E-state index contributed by atoms with van der Waals surface area (Å²) >= 11 is 0.